The molecule has 2 aromatic carbocycles. The number of nitrogens with zero attached hydrogens (tertiary/aromatic N) is 1. The number of carbonyl (C=O) groups is 1. The van der Waals surface area contributed by atoms with Crippen LogP contribution in [0.3, 0.4) is 0 Å². The number of aryl methyl sites for hydroxylation is 1. The zero-order valence-corrected chi connectivity index (χ0v) is 15.8. The predicted molar refractivity (Wildman–Crippen MR) is 103 cm³/mol. The van der Waals surface area contributed by atoms with Crippen LogP contribution in [0.4, 0.5) is 0 Å². The van der Waals surface area contributed by atoms with Crippen LogP contribution in [0.15, 0.2) is 42.5 Å². The van der Waals surface area contributed by atoms with E-state index in [-0.39, 0.29) is 5.91 Å². The smallest absolute Gasteiger partial charge is 0.253 e. The molecule has 1 aliphatic rings. The molecule has 0 radical (unpaired) electrons. The van der Waals surface area contributed by atoms with Gasteiger partial charge in [-0.05, 0) is 61.6 Å². The van der Waals surface area contributed by atoms with Crippen molar-refractivity contribution in [3.63, 3.8) is 0 Å². The van der Waals surface area contributed by atoms with E-state index in [0.717, 1.165) is 48.6 Å². The minimum Gasteiger partial charge on any atom is -0.496 e. The van der Waals surface area contributed by atoms with Crippen LogP contribution in [0.5, 0.6) is 11.5 Å². The molecule has 0 saturated carbocycles. The summed E-state index contributed by atoms with van der Waals surface area (Å²) < 4.78 is 11.4. The zero-order valence-electron chi connectivity index (χ0n) is 15.8. The Balaban J connectivity index is 1.74. The van der Waals surface area contributed by atoms with E-state index < -0.39 is 0 Å². The van der Waals surface area contributed by atoms with Crippen molar-refractivity contribution >= 4 is 5.91 Å². The molecule has 3 rings (SSSR count). The Labute approximate surface area is 155 Å². The number of ether oxygens (including phenoxy) is 2. The first kappa shape index (κ1) is 18.3. The molecule has 1 heterocycles. The third-order valence-electron chi connectivity index (χ3n) is 4.98. The normalized spacial score (nSPS) is 15.0. The molecule has 1 amide bonds. The second kappa shape index (κ2) is 8.26. The maximum absolute atomic E-state index is 12.8. The molecule has 0 bridgehead atoms. The van der Waals surface area contributed by atoms with Crippen molar-refractivity contribution in [3.8, 4) is 11.5 Å². The van der Waals surface area contributed by atoms with Gasteiger partial charge in [-0.2, -0.15) is 0 Å². The van der Waals surface area contributed by atoms with Crippen LogP contribution in [-0.2, 0) is 6.61 Å². The van der Waals surface area contributed by atoms with Crippen LogP contribution in [0.25, 0.3) is 0 Å². The highest BCUT2D eigenvalue weighted by molar-refractivity contribution is 5.94. The molecular weight excluding hydrogens is 326 g/mol. The summed E-state index contributed by atoms with van der Waals surface area (Å²) in [6.07, 6.45) is 2.15. The third-order valence-corrected chi connectivity index (χ3v) is 4.98. The van der Waals surface area contributed by atoms with E-state index in [1.807, 2.05) is 54.3 Å². The van der Waals surface area contributed by atoms with Crippen molar-refractivity contribution in [3.05, 3.63) is 59.2 Å². The lowest BCUT2D eigenvalue weighted by molar-refractivity contribution is 0.0697. The van der Waals surface area contributed by atoms with Crippen LogP contribution in [0.1, 0.15) is 41.3 Å². The molecule has 0 aromatic heterocycles. The van der Waals surface area contributed by atoms with E-state index in [9.17, 15) is 4.79 Å². The predicted octanol–water partition coefficient (Wildman–Crippen LogP) is 4.45. The van der Waals surface area contributed by atoms with Gasteiger partial charge in [0.2, 0.25) is 0 Å². The summed E-state index contributed by atoms with van der Waals surface area (Å²) in [5, 5.41) is 0. The topological polar surface area (TPSA) is 38.8 Å². The Kier molecular flexibility index (Phi) is 5.82. The van der Waals surface area contributed by atoms with Crippen molar-refractivity contribution in [2.45, 2.75) is 33.3 Å². The molecule has 0 atom stereocenters. The van der Waals surface area contributed by atoms with Gasteiger partial charge in [-0.15, -0.1) is 0 Å². The molecule has 138 valence electrons. The van der Waals surface area contributed by atoms with Gasteiger partial charge in [-0.3, -0.25) is 4.79 Å². The summed E-state index contributed by atoms with van der Waals surface area (Å²) in [5.41, 5.74) is 2.73. The van der Waals surface area contributed by atoms with Gasteiger partial charge in [0.25, 0.3) is 5.91 Å². The highest BCUT2D eigenvalue weighted by Gasteiger charge is 2.22. The fraction of sp³-hybridized carbons (Fsp3) is 0.409. The van der Waals surface area contributed by atoms with Gasteiger partial charge < -0.3 is 14.4 Å². The number of likely N-dealkylation sites (tertiary alicyclic amines) is 1. The van der Waals surface area contributed by atoms with Crippen molar-refractivity contribution in [2.75, 3.05) is 20.2 Å². The van der Waals surface area contributed by atoms with Crippen molar-refractivity contribution < 1.29 is 14.3 Å². The summed E-state index contributed by atoms with van der Waals surface area (Å²) >= 11 is 0. The van der Waals surface area contributed by atoms with Crippen molar-refractivity contribution in [1.29, 1.82) is 0 Å². The molecule has 0 N–H and O–H groups in total. The number of rotatable bonds is 5. The monoisotopic (exact) mass is 353 g/mol. The minimum absolute atomic E-state index is 0.0939. The third kappa shape index (κ3) is 4.37. The zero-order chi connectivity index (χ0) is 18.5. The lowest BCUT2D eigenvalue weighted by Gasteiger charge is -2.30. The molecule has 1 saturated heterocycles. The second-order valence-corrected chi connectivity index (χ2v) is 7.11. The number of piperidine rings is 1. The van der Waals surface area contributed by atoms with E-state index >= 15 is 0 Å². The first-order valence-electron chi connectivity index (χ1n) is 9.22. The first-order chi connectivity index (χ1) is 12.6. The maximum Gasteiger partial charge on any atom is 0.253 e. The number of carbonyl (C=O) groups excluding carboxylic acids is 1. The molecule has 0 unspecified atom stereocenters. The Morgan fingerprint density at radius 1 is 1.15 bits per heavy atom. The van der Waals surface area contributed by atoms with Crippen LogP contribution < -0.4 is 9.47 Å². The fourth-order valence-electron chi connectivity index (χ4n) is 3.28. The molecule has 1 fully saturated rings. The number of amides is 1. The van der Waals surface area contributed by atoms with E-state index in [1.165, 1.54) is 0 Å². The Hall–Kier alpha value is -2.49. The van der Waals surface area contributed by atoms with E-state index in [1.54, 1.807) is 7.11 Å². The molecule has 4 nitrogen and oxygen atoms in total. The number of benzene rings is 2. The Morgan fingerprint density at radius 3 is 2.62 bits per heavy atom. The fourth-order valence-corrected chi connectivity index (χ4v) is 3.28. The van der Waals surface area contributed by atoms with Crippen LogP contribution in [-0.4, -0.2) is 31.0 Å². The summed E-state index contributed by atoms with van der Waals surface area (Å²) in [4.78, 5) is 14.8. The lowest BCUT2D eigenvalue weighted by Crippen LogP contribution is -2.37. The van der Waals surface area contributed by atoms with Gasteiger partial charge >= 0.3 is 0 Å². The highest BCUT2D eigenvalue weighted by Crippen LogP contribution is 2.25. The average molecular weight is 353 g/mol. The van der Waals surface area contributed by atoms with Gasteiger partial charge in [0.05, 0.1) is 7.11 Å². The minimum atomic E-state index is 0.0939. The molecule has 2 aromatic rings. The molecule has 4 heteroatoms. The van der Waals surface area contributed by atoms with Gasteiger partial charge in [0.1, 0.15) is 18.1 Å². The van der Waals surface area contributed by atoms with E-state index in [0.29, 0.717) is 18.1 Å². The quantitative estimate of drug-likeness (QED) is 0.797. The standard InChI is InChI=1S/C22H27NO3/c1-16-9-11-23(12-10-16)22(24)18-7-8-21(25-3)19(14-18)15-26-20-6-4-5-17(2)13-20/h4-8,13-14,16H,9-12,15H2,1-3H3. The van der Waals surface area contributed by atoms with Crippen molar-refractivity contribution in [1.82, 2.24) is 4.90 Å². The SMILES string of the molecule is COc1ccc(C(=O)N2CCC(C)CC2)cc1COc1cccc(C)c1. The Bertz CT molecular complexity index is 764. The number of hydrogen-bond donors (Lipinski definition) is 0. The first-order valence-corrected chi connectivity index (χ1v) is 9.22. The molecular formula is C22H27NO3. The van der Waals surface area contributed by atoms with Crippen molar-refractivity contribution in [2.24, 2.45) is 5.92 Å². The molecule has 1 aliphatic heterocycles. The average Bonchev–Trinajstić information content (AvgIpc) is 2.66. The molecule has 0 spiro atoms. The highest BCUT2D eigenvalue weighted by atomic mass is 16.5. The summed E-state index contributed by atoms with van der Waals surface area (Å²) in [6.45, 7) is 6.31. The number of methoxy groups -OCH3 is 1. The summed E-state index contributed by atoms with van der Waals surface area (Å²) in [7, 11) is 1.64. The summed E-state index contributed by atoms with van der Waals surface area (Å²) in [6, 6.07) is 13.5. The number of hydrogen-bond acceptors (Lipinski definition) is 3. The lowest BCUT2D eigenvalue weighted by atomic mass is 9.98. The summed E-state index contributed by atoms with van der Waals surface area (Å²) in [5.74, 6) is 2.35. The second-order valence-electron chi connectivity index (χ2n) is 7.11. The van der Waals surface area contributed by atoms with Gasteiger partial charge in [-0.1, -0.05) is 19.1 Å². The van der Waals surface area contributed by atoms with Crippen LogP contribution >= 0.6 is 0 Å². The largest absolute Gasteiger partial charge is 0.496 e. The van der Waals surface area contributed by atoms with Crippen LogP contribution in [0.2, 0.25) is 0 Å². The van der Waals surface area contributed by atoms with Gasteiger partial charge in [0.15, 0.2) is 0 Å². The molecule has 26 heavy (non-hydrogen) atoms. The van der Waals surface area contributed by atoms with Gasteiger partial charge in [0, 0.05) is 24.2 Å². The van der Waals surface area contributed by atoms with Gasteiger partial charge in [-0.25, -0.2) is 0 Å². The van der Waals surface area contributed by atoms with E-state index in [4.69, 9.17) is 9.47 Å². The maximum atomic E-state index is 12.8. The van der Waals surface area contributed by atoms with Crippen LogP contribution in [0, 0.1) is 12.8 Å². The van der Waals surface area contributed by atoms with E-state index in [2.05, 4.69) is 6.92 Å². The molecule has 0 aliphatic carbocycles. The Morgan fingerprint density at radius 2 is 1.92 bits per heavy atom.